The van der Waals surface area contributed by atoms with E-state index in [9.17, 15) is 9.59 Å². The minimum absolute atomic E-state index is 0.240. The first-order valence-electron chi connectivity index (χ1n) is 6.30. The van der Waals surface area contributed by atoms with E-state index in [1.165, 1.54) is 14.2 Å². The van der Waals surface area contributed by atoms with Gasteiger partial charge in [-0.25, -0.2) is 0 Å². The van der Waals surface area contributed by atoms with Gasteiger partial charge in [-0.3, -0.25) is 9.59 Å². The fraction of sp³-hybridized carbons (Fsp3) is 0.429. The second-order valence-electron chi connectivity index (χ2n) is 4.29. The number of aldehydes is 1. The third-order valence-electron chi connectivity index (χ3n) is 3.22. The number of methoxy groups -OCH3 is 2. The first-order valence-corrected chi connectivity index (χ1v) is 6.30. The summed E-state index contributed by atoms with van der Waals surface area (Å²) in [4.78, 5) is 25.4. The molecule has 1 aliphatic rings. The molecule has 1 aromatic carbocycles. The molecule has 1 heterocycles. The quantitative estimate of drug-likeness (QED) is 0.769. The number of hydrogen-bond donors (Lipinski definition) is 0. The van der Waals surface area contributed by atoms with E-state index < -0.39 is 0 Å². The molecule has 0 atom stereocenters. The van der Waals surface area contributed by atoms with E-state index in [2.05, 4.69) is 0 Å². The minimum Gasteiger partial charge on any atom is -0.493 e. The summed E-state index contributed by atoms with van der Waals surface area (Å²) in [5.74, 6) is 0.467. The number of carbonyl (C=O) groups excluding carboxylic acids is 2. The monoisotopic (exact) mass is 279 g/mol. The van der Waals surface area contributed by atoms with Crippen LogP contribution in [0, 0.1) is 0 Å². The summed E-state index contributed by atoms with van der Waals surface area (Å²) in [7, 11) is 2.93. The van der Waals surface area contributed by atoms with Crippen LogP contribution in [-0.2, 0) is 4.74 Å². The summed E-state index contributed by atoms with van der Waals surface area (Å²) in [5, 5.41) is 0. The molecule has 6 nitrogen and oxygen atoms in total. The Kier molecular flexibility index (Phi) is 4.57. The maximum Gasteiger partial charge on any atom is 0.258 e. The lowest BCUT2D eigenvalue weighted by Crippen LogP contribution is -2.41. The lowest BCUT2D eigenvalue weighted by Gasteiger charge is -2.28. The number of rotatable bonds is 4. The number of morpholine rings is 1. The summed E-state index contributed by atoms with van der Waals surface area (Å²) in [6.45, 7) is 1.98. The van der Waals surface area contributed by atoms with Crippen molar-refractivity contribution in [1.82, 2.24) is 4.90 Å². The van der Waals surface area contributed by atoms with Gasteiger partial charge in [-0.2, -0.15) is 0 Å². The number of nitrogens with zero attached hydrogens (tertiary/aromatic N) is 1. The Morgan fingerprint density at radius 2 is 1.95 bits per heavy atom. The van der Waals surface area contributed by atoms with Crippen molar-refractivity contribution in [2.24, 2.45) is 0 Å². The van der Waals surface area contributed by atoms with Crippen molar-refractivity contribution in [3.63, 3.8) is 0 Å². The Morgan fingerprint density at radius 1 is 1.25 bits per heavy atom. The lowest BCUT2D eigenvalue weighted by molar-refractivity contribution is 0.0300. The zero-order valence-corrected chi connectivity index (χ0v) is 11.5. The summed E-state index contributed by atoms with van der Waals surface area (Å²) < 4.78 is 15.7. The van der Waals surface area contributed by atoms with Gasteiger partial charge in [-0.05, 0) is 12.1 Å². The first-order chi connectivity index (χ1) is 9.72. The largest absolute Gasteiger partial charge is 0.493 e. The molecule has 0 spiro atoms. The van der Waals surface area contributed by atoms with Crippen LogP contribution in [0.2, 0.25) is 0 Å². The number of ether oxygens (including phenoxy) is 3. The van der Waals surface area contributed by atoms with E-state index in [4.69, 9.17) is 14.2 Å². The molecule has 0 N–H and O–H groups in total. The van der Waals surface area contributed by atoms with Crippen LogP contribution in [0.15, 0.2) is 12.1 Å². The van der Waals surface area contributed by atoms with Crippen molar-refractivity contribution >= 4 is 12.2 Å². The third kappa shape index (κ3) is 2.60. The SMILES string of the molecule is COc1ccc(C=O)c(C(=O)N2CCOCC2)c1OC. The number of carbonyl (C=O) groups is 2. The van der Waals surface area contributed by atoms with E-state index in [1.807, 2.05) is 0 Å². The van der Waals surface area contributed by atoms with Gasteiger partial charge in [0.2, 0.25) is 0 Å². The summed E-state index contributed by atoms with van der Waals surface area (Å²) >= 11 is 0. The molecule has 2 rings (SSSR count). The molecule has 0 aliphatic carbocycles. The van der Waals surface area contributed by atoms with Gasteiger partial charge in [0.05, 0.1) is 33.0 Å². The molecule has 108 valence electrons. The van der Waals surface area contributed by atoms with E-state index in [-0.39, 0.29) is 17.2 Å². The van der Waals surface area contributed by atoms with Gasteiger partial charge >= 0.3 is 0 Å². The topological polar surface area (TPSA) is 65.1 Å². The van der Waals surface area contributed by atoms with E-state index in [1.54, 1.807) is 17.0 Å². The summed E-state index contributed by atoms with van der Waals surface area (Å²) in [6, 6.07) is 3.17. The highest BCUT2D eigenvalue weighted by Gasteiger charge is 2.26. The van der Waals surface area contributed by atoms with Crippen molar-refractivity contribution in [2.45, 2.75) is 0 Å². The number of amides is 1. The Bertz CT molecular complexity index is 509. The van der Waals surface area contributed by atoms with Crippen molar-refractivity contribution in [3.8, 4) is 11.5 Å². The molecule has 0 radical (unpaired) electrons. The predicted molar refractivity (Wildman–Crippen MR) is 71.7 cm³/mol. The highest BCUT2D eigenvalue weighted by Crippen LogP contribution is 2.33. The van der Waals surface area contributed by atoms with Gasteiger partial charge in [-0.1, -0.05) is 0 Å². The number of benzene rings is 1. The van der Waals surface area contributed by atoms with Gasteiger partial charge in [0, 0.05) is 18.7 Å². The Hall–Kier alpha value is -2.08. The molecule has 20 heavy (non-hydrogen) atoms. The van der Waals surface area contributed by atoms with Crippen LogP contribution in [0.3, 0.4) is 0 Å². The second-order valence-corrected chi connectivity index (χ2v) is 4.29. The van der Waals surface area contributed by atoms with E-state index in [0.717, 1.165) is 0 Å². The fourth-order valence-electron chi connectivity index (χ4n) is 2.19. The average Bonchev–Trinajstić information content (AvgIpc) is 2.53. The Morgan fingerprint density at radius 3 is 2.50 bits per heavy atom. The standard InChI is InChI=1S/C14H17NO5/c1-18-11-4-3-10(9-16)12(13(11)19-2)14(17)15-5-7-20-8-6-15/h3-4,9H,5-8H2,1-2H3. The zero-order valence-electron chi connectivity index (χ0n) is 11.5. The molecule has 1 aromatic rings. The van der Waals surface area contributed by atoms with Crippen LogP contribution in [0.1, 0.15) is 20.7 Å². The average molecular weight is 279 g/mol. The van der Waals surface area contributed by atoms with Crippen LogP contribution in [0.4, 0.5) is 0 Å². The van der Waals surface area contributed by atoms with Gasteiger partial charge < -0.3 is 19.1 Å². The maximum absolute atomic E-state index is 12.6. The van der Waals surface area contributed by atoms with Crippen molar-refractivity contribution in [3.05, 3.63) is 23.3 Å². The summed E-state index contributed by atoms with van der Waals surface area (Å²) in [5.41, 5.74) is 0.530. The maximum atomic E-state index is 12.6. The molecule has 1 fully saturated rings. The van der Waals surface area contributed by atoms with Crippen LogP contribution in [0.5, 0.6) is 11.5 Å². The molecular weight excluding hydrogens is 262 g/mol. The van der Waals surface area contributed by atoms with Crippen LogP contribution in [-0.4, -0.2) is 57.6 Å². The molecule has 1 aliphatic heterocycles. The van der Waals surface area contributed by atoms with Crippen LogP contribution in [0.25, 0.3) is 0 Å². The van der Waals surface area contributed by atoms with Gasteiger partial charge in [0.1, 0.15) is 0 Å². The van der Waals surface area contributed by atoms with Crippen molar-refractivity contribution < 1.29 is 23.8 Å². The Labute approximate surface area is 117 Å². The van der Waals surface area contributed by atoms with Gasteiger partial charge in [-0.15, -0.1) is 0 Å². The third-order valence-corrected chi connectivity index (χ3v) is 3.22. The molecule has 1 amide bonds. The fourth-order valence-corrected chi connectivity index (χ4v) is 2.19. The Balaban J connectivity index is 2.46. The van der Waals surface area contributed by atoms with Crippen LogP contribution >= 0.6 is 0 Å². The second kappa shape index (κ2) is 6.38. The van der Waals surface area contributed by atoms with Gasteiger partial charge in [0.25, 0.3) is 5.91 Å². The van der Waals surface area contributed by atoms with Crippen LogP contribution < -0.4 is 9.47 Å². The number of hydrogen-bond acceptors (Lipinski definition) is 5. The van der Waals surface area contributed by atoms with Crippen molar-refractivity contribution in [1.29, 1.82) is 0 Å². The molecule has 0 aromatic heterocycles. The molecule has 0 unspecified atom stereocenters. The van der Waals surface area contributed by atoms with Crippen molar-refractivity contribution in [2.75, 3.05) is 40.5 Å². The highest BCUT2D eigenvalue weighted by atomic mass is 16.5. The van der Waals surface area contributed by atoms with Gasteiger partial charge in [0.15, 0.2) is 17.8 Å². The van der Waals surface area contributed by atoms with E-state index in [0.29, 0.717) is 43.9 Å². The first kappa shape index (κ1) is 14.3. The molecule has 0 saturated carbocycles. The summed E-state index contributed by atoms with van der Waals surface area (Å²) in [6.07, 6.45) is 0.648. The van der Waals surface area contributed by atoms with E-state index >= 15 is 0 Å². The minimum atomic E-state index is -0.244. The predicted octanol–water partition coefficient (Wildman–Crippen LogP) is 0.989. The smallest absolute Gasteiger partial charge is 0.258 e. The molecular formula is C14H17NO5. The molecule has 1 saturated heterocycles. The molecule has 6 heteroatoms. The zero-order chi connectivity index (χ0) is 14.5. The highest BCUT2D eigenvalue weighted by molar-refractivity contribution is 6.04. The molecule has 0 bridgehead atoms. The lowest BCUT2D eigenvalue weighted by atomic mass is 10.0. The normalized spacial score (nSPS) is 14.8.